The summed E-state index contributed by atoms with van der Waals surface area (Å²) in [5.41, 5.74) is 1.57. The molecule has 7 nitrogen and oxygen atoms in total. The normalized spacial score (nSPS) is 14.2. The van der Waals surface area contributed by atoms with Gasteiger partial charge in [0.2, 0.25) is 5.96 Å². The molecule has 0 atom stereocenters. The van der Waals surface area contributed by atoms with Crippen LogP contribution in [0.1, 0.15) is 12.8 Å². The molecule has 1 fully saturated rings. The summed E-state index contributed by atoms with van der Waals surface area (Å²) in [6, 6.07) is 5.56. The number of nitriles is 1. The first-order valence-corrected chi connectivity index (χ1v) is 7.33. The zero-order valence-electron chi connectivity index (χ0n) is 12.7. The third kappa shape index (κ3) is 3.80. The van der Waals surface area contributed by atoms with Gasteiger partial charge in [-0.2, -0.15) is 5.26 Å². The first kappa shape index (κ1) is 14.9. The van der Waals surface area contributed by atoms with Gasteiger partial charge >= 0.3 is 0 Å². The van der Waals surface area contributed by atoms with Crippen LogP contribution in [0.2, 0.25) is 0 Å². The summed E-state index contributed by atoms with van der Waals surface area (Å²) in [5, 5.41) is 14.5. The smallest absolute Gasteiger partial charge is 0.209 e. The predicted octanol–water partition coefficient (Wildman–Crippen LogP) is 2.60. The minimum atomic E-state index is 0.439. The number of ether oxygens (including phenoxy) is 1. The Morgan fingerprint density at radius 1 is 1.52 bits per heavy atom. The zero-order chi connectivity index (χ0) is 16.1. The molecular formula is C16H17N5O2. The highest BCUT2D eigenvalue weighted by atomic mass is 16.5. The lowest BCUT2D eigenvalue weighted by Gasteiger charge is -2.11. The molecule has 0 radical (unpaired) electrons. The lowest BCUT2D eigenvalue weighted by Crippen LogP contribution is -2.27. The molecule has 1 aliphatic carbocycles. The highest BCUT2D eigenvalue weighted by Crippen LogP contribution is 2.32. The first-order valence-electron chi connectivity index (χ1n) is 7.33. The molecule has 7 heteroatoms. The van der Waals surface area contributed by atoms with Crippen molar-refractivity contribution in [1.82, 2.24) is 10.3 Å². The molecule has 23 heavy (non-hydrogen) atoms. The van der Waals surface area contributed by atoms with Crippen molar-refractivity contribution in [1.29, 1.82) is 5.26 Å². The van der Waals surface area contributed by atoms with E-state index in [0.717, 1.165) is 17.8 Å². The van der Waals surface area contributed by atoms with E-state index in [1.54, 1.807) is 13.3 Å². The lowest BCUT2D eigenvalue weighted by molar-refractivity contribution is 0.415. The quantitative estimate of drug-likeness (QED) is 0.381. The molecule has 1 aromatic heterocycles. The number of guanidine groups is 1. The van der Waals surface area contributed by atoms with Crippen molar-refractivity contribution in [3.8, 4) is 23.3 Å². The first-order chi connectivity index (χ1) is 11.3. The Morgan fingerprint density at radius 3 is 3.04 bits per heavy atom. The fraction of sp³-hybridized carbons (Fsp3) is 0.312. The zero-order valence-corrected chi connectivity index (χ0v) is 12.7. The average Bonchev–Trinajstić information content (AvgIpc) is 3.24. The summed E-state index contributed by atoms with van der Waals surface area (Å²) < 4.78 is 10.7. The van der Waals surface area contributed by atoms with Crippen LogP contribution in [0.15, 0.2) is 40.2 Å². The van der Waals surface area contributed by atoms with Gasteiger partial charge in [0.05, 0.1) is 18.9 Å². The summed E-state index contributed by atoms with van der Waals surface area (Å²) in [7, 11) is 1.59. The molecule has 0 unspecified atom stereocenters. The van der Waals surface area contributed by atoms with Gasteiger partial charge in [0, 0.05) is 18.3 Å². The van der Waals surface area contributed by atoms with Gasteiger partial charge in [-0.1, -0.05) is 0 Å². The van der Waals surface area contributed by atoms with E-state index in [1.165, 1.54) is 19.2 Å². The fourth-order valence-electron chi connectivity index (χ4n) is 2.14. The van der Waals surface area contributed by atoms with E-state index in [4.69, 9.17) is 14.4 Å². The minimum absolute atomic E-state index is 0.439. The van der Waals surface area contributed by atoms with E-state index in [0.29, 0.717) is 23.4 Å². The highest BCUT2D eigenvalue weighted by Gasteiger charge is 2.20. The summed E-state index contributed by atoms with van der Waals surface area (Å²) in [4.78, 5) is 8.31. The van der Waals surface area contributed by atoms with Crippen molar-refractivity contribution in [3.05, 3.63) is 30.8 Å². The number of nitrogens with one attached hydrogen (secondary N) is 2. The van der Waals surface area contributed by atoms with E-state index in [2.05, 4.69) is 20.6 Å². The van der Waals surface area contributed by atoms with Crippen molar-refractivity contribution in [3.63, 3.8) is 0 Å². The van der Waals surface area contributed by atoms with Gasteiger partial charge < -0.3 is 14.5 Å². The second-order valence-electron chi connectivity index (χ2n) is 5.28. The number of anilines is 1. The number of hydrogen-bond donors (Lipinski definition) is 2. The standard InChI is InChI=1S/C16H17N5O2/c1-22-14-6-12(4-5-13(14)15-8-18-10-23-15)21-16(20-9-17)19-7-11-2-3-11/h4-6,8,10-11H,2-3,7H2,1H3,(H2,19,20,21). The summed E-state index contributed by atoms with van der Waals surface area (Å²) in [5.74, 6) is 2.36. The van der Waals surface area contributed by atoms with Gasteiger partial charge in [-0.25, -0.2) is 4.98 Å². The van der Waals surface area contributed by atoms with Crippen molar-refractivity contribution >= 4 is 11.6 Å². The van der Waals surface area contributed by atoms with E-state index in [-0.39, 0.29) is 0 Å². The second-order valence-corrected chi connectivity index (χ2v) is 5.28. The van der Waals surface area contributed by atoms with Crippen LogP contribution in [0.25, 0.3) is 11.3 Å². The Labute approximate surface area is 134 Å². The molecular weight excluding hydrogens is 294 g/mol. The van der Waals surface area contributed by atoms with Crippen LogP contribution < -0.4 is 15.4 Å². The van der Waals surface area contributed by atoms with Crippen LogP contribution in [0.4, 0.5) is 5.69 Å². The number of aromatic nitrogens is 1. The number of benzene rings is 1. The molecule has 0 saturated heterocycles. The number of rotatable bonds is 5. The Kier molecular flexibility index (Phi) is 4.43. The van der Waals surface area contributed by atoms with Crippen LogP contribution in [-0.4, -0.2) is 24.6 Å². The van der Waals surface area contributed by atoms with Gasteiger partial charge in [0.25, 0.3) is 0 Å². The van der Waals surface area contributed by atoms with Crippen LogP contribution in [0, 0.1) is 17.4 Å². The Bertz CT molecular complexity index is 729. The van der Waals surface area contributed by atoms with E-state index < -0.39 is 0 Å². The van der Waals surface area contributed by atoms with Crippen LogP contribution in [0.3, 0.4) is 0 Å². The van der Waals surface area contributed by atoms with Crippen molar-refractivity contribution in [2.75, 3.05) is 19.0 Å². The molecule has 118 valence electrons. The van der Waals surface area contributed by atoms with Crippen molar-refractivity contribution in [2.45, 2.75) is 12.8 Å². The maximum Gasteiger partial charge on any atom is 0.209 e. The molecule has 1 heterocycles. The SMILES string of the molecule is COc1cc(NC(=NCC2CC2)NC#N)ccc1-c1cnco1. The molecule has 1 aliphatic rings. The van der Waals surface area contributed by atoms with Crippen LogP contribution in [0.5, 0.6) is 5.75 Å². The molecule has 3 rings (SSSR count). The van der Waals surface area contributed by atoms with Gasteiger partial charge in [0.15, 0.2) is 18.3 Å². The van der Waals surface area contributed by atoms with Gasteiger partial charge in [-0.05, 0) is 30.9 Å². The largest absolute Gasteiger partial charge is 0.496 e. The molecule has 0 amide bonds. The Morgan fingerprint density at radius 2 is 2.39 bits per heavy atom. The van der Waals surface area contributed by atoms with E-state index in [9.17, 15) is 0 Å². The summed E-state index contributed by atoms with van der Waals surface area (Å²) in [6.07, 6.45) is 7.32. The van der Waals surface area contributed by atoms with Gasteiger partial charge in [0.1, 0.15) is 5.75 Å². The molecule has 0 aliphatic heterocycles. The van der Waals surface area contributed by atoms with E-state index >= 15 is 0 Å². The van der Waals surface area contributed by atoms with Crippen LogP contribution in [-0.2, 0) is 0 Å². The fourth-order valence-corrected chi connectivity index (χ4v) is 2.14. The third-order valence-corrected chi connectivity index (χ3v) is 3.54. The molecule has 2 N–H and O–H groups in total. The number of oxazole rings is 1. The Hall–Kier alpha value is -3.01. The van der Waals surface area contributed by atoms with Crippen molar-refractivity contribution < 1.29 is 9.15 Å². The average molecular weight is 311 g/mol. The monoisotopic (exact) mass is 311 g/mol. The van der Waals surface area contributed by atoms with Gasteiger partial charge in [-0.15, -0.1) is 0 Å². The Balaban J connectivity index is 1.79. The summed E-state index contributed by atoms with van der Waals surface area (Å²) in [6.45, 7) is 0.726. The van der Waals surface area contributed by atoms with Crippen molar-refractivity contribution in [2.24, 2.45) is 10.9 Å². The number of methoxy groups -OCH3 is 1. The maximum atomic E-state index is 8.84. The molecule has 1 aromatic carbocycles. The molecule has 1 saturated carbocycles. The lowest BCUT2D eigenvalue weighted by atomic mass is 10.1. The molecule has 0 bridgehead atoms. The molecule has 2 aromatic rings. The number of aliphatic imine (C=N–C) groups is 1. The van der Waals surface area contributed by atoms with E-state index in [1.807, 2.05) is 24.4 Å². The highest BCUT2D eigenvalue weighted by molar-refractivity contribution is 5.95. The predicted molar refractivity (Wildman–Crippen MR) is 85.9 cm³/mol. The van der Waals surface area contributed by atoms with Gasteiger partial charge in [-0.3, -0.25) is 10.3 Å². The minimum Gasteiger partial charge on any atom is -0.496 e. The third-order valence-electron chi connectivity index (χ3n) is 3.54. The summed E-state index contributed by atoms with van der Waals surface area (Å²) >= 11 is 0. The number of hydrogen-bond acceptors (Lipinski definition) is 5. The topological polar surface area (TPSA) is 95.5 Å². The molecule has 0 spiro atoms. The number of nitrogens with zero attached hydrogens (tertiary/aromatic N) is 3. The second kappa shape index (κ2) is 6.83. The maximum absolute atomic E-state index is 8.84. The van der Waals surface area contributed by atoms with Crippen LogP contribution >= 0.6 is 0 Å².